The van der Waals surface area contributed by atoms with Crippen LogP contribution < -0.4 is 4.90 Å². The number of hydrogen-bond acceptors (Lipinski definition) is 5. The van der Waals surface area contributed by atoms with E-state index in [4.69, 9.17) is 11.6 Å². The molecule has 1 aliphatic rings. The van der Waals surface area contributed by atoms with E-state index in [0.717, 1.165) is 55.0 Å². The highest BCUT2D eigenvalue weighted by molar-refractivity contribution is 7.98. The van der Waals surface area contributed by atoms with Gasteiger partial charge in [0.1, 0.15) is 11.0 Å². The fraction of sp³-hybridized carbons (Fsp3) is 0.300. The zero-order chi connectivity index (χ0) is 17.9. The Morgan fingerprint density at radius 2 is 1.92 bits per heavy atom. The third kappa shape index (κ3) is 3.80. The van der Waals surface area contributed by atoms with Gasteiger partial charge in [0.25, 0.3) is 0 Å². The van der Waals surface area contributed by atoms with Crippen LogP contribution in [0.1, 0.15) is 5.56 Å². The van der Waals surface area contributed by atoms with Gasteiger partial charge in [0.2, 0.25) is 0 Å². The minimum atomic E-state index is 0.614. The normalized spacial score (nSPS) is 15.5. The number of nitrogens with zero attached hydrogens (tertiary/aromatic N) is 4. The molecule has 26 heavy (non-hydrogen) atoms. The second-order valence-corrected chi connectivity index (χ2v) is 7.69. The first kappa shape index (κ1) is 17.6. The fourth-order valence-corrected chi connectivity index (χ4v) is 3.96. The smallest absolute Gasteiger partial charge is 0.134 e. The third-order valence-electron chi connectivity index (χ3n) is 4.79. The lowest BCUT2D eigenvalue weighted by Crippen LogP contribution is -2.46. The van der Waals surface area contributed by atoms with Crippen molar-refractivity contribution in [1.29, 1.82) is 0 Å². The van der Waals surface area contributed by atoms with Crippen LogP contribution in [0.3, 0.4) is 0 Å². The number of rotatable bonds is 4. The Labute approximate surface area is 163 Å². The van der Waals surface area contributed by atoms with Crippen molar-refractivity contribution < 1.29 is 0 Å². The summed E-state index contributed by atoms with van der Waals surface area (Å²) in [6.45, 7) is 4.79. The van der Waals surface area contributed by atoms with Crippen molar-refractivity contribution in [2.24, 2.45) is 0 Å². The van der Waals surface area contributed by atoms with Crippen LogP contribution in [0.2, 0.25) is 5.15 Å². The monoisotopic (exact) mass is 384 g/mol. The molecule has 0 spiro atoms. The number of fused-ring (bicyclic) bond motifs is 1. The number of halogens is 1. The van der Waals surface area contributed by atoms with Gasteiger partial charge in [-0.05, 0) is 36.6 Å². The first-order valence-electron chi connectivity index (χ1n) is 8.74. The van der Waals surface area contributed by atoms with E-state index in [0.29, 0.717) is 5.15 Å². The summed E-state index contributed by atoms with van der Waals surface area (Å²) in [5.74, 6) is 1.06. The highest BCUT2D eigenvalue weighted by Gasteiger charge is 2.19. The molecule has 3 heterocycles. The Morgan fingerprint density at radius 3 is 2.65 bits per heavy atom. The lowest BCUT2D eigenvalue weighted by atomic mass is 10.1. The summed E-state index contributed by atoms with van der Waals surface area (Å²) in [5, 5.41) is 1.76. The Balaban J connectivity index is 1.45. The highest BCUT2D eigenvalue weighted by atomic mass is 35.5. The maximum Gasteiger partial charge on any atom is 0.134 e. The van der Waals surface area contributed by atoms with Gasteiger partial charge in [-0.25, -0.2) is 9.97 Å². The molecule has 0 radical (unpaired) electrons. The zero-order valence-corrected chi connectivity index (χ0v) is 16.3. The van der Waals surface area contributed by atoms with E-state index >= 15 is 0 Å². The van der Waals surface area contributed by atoms with Crippen LogP contribution in [0.15, 0.2) is 53.6 Å². The zero-order valence-electron chi connectivity index (χ0n) is 14.7. The number of hydrogen-bond donors (Lipinski definition) is 0. The summed E-state index contributed by atoms with van der Waals surface area (Å²) in [7, 11) is 0. The molecule has 6 heteroatoms. The molecule has 1 fully saturated rings. The second kappa shape index (κ2) is 7.82. The predicted octanol–water partition coefficient (Wildman–Crippen LogP) is 4.33. The Hall–Kier alpha value is -1.82. The van der Waals surface area contributed by atoms with Gasteiger partial charge in [-0.1, -0.05) is 23.7 Å². The Kier molecular flexibility index (Phi) is 5.29. The van der Waals surface area contributed by atoms with E-state index in [1.54, 1.807) is 11.8 Å². The molecule has 0 amide bonds. The molecular formula is C20H21ClN4S. The van der Waals surface area contributed by atoms with Gasteiger partial charge in [-0.3, -0.25) is 4.90 Å². The van der Waals surface area contributed by atoms with Crippen molar-refractivity contribution in [2.75, 3.05) is 37.3 Å². The van der Waals surface area contributed by atoms with Crippen molar-refractivity contribution in [3.8, 4) is 0 Å². The minimum Gasteiger partial charge on any atom is -0.354 e. The summed E-state index contributed by atoms with van der Waals surface area (Å²) < 4.78 is 0. The summed E-state index contributed by atoms with van der Waals surface area (Å²) in [6.07, 6.45) is 3.92. The maximum absolute atomic E-state index is 6.48. The molecule has 3 aromatic rings. The van der Waals surface area contributed by atoms with Crippen molar-refractivity contribution in [3.63, 3.8) is 0 Å². The van der Waals surface area contributed by atoms with Crippen LogP contribution >= 0.6 is 23.4 Å². The van der Waals surface area contributed by atoms with Gasteiger partial charge >= 0.3 is 0 Å². The lowest BCUT2D eigenvalue weighted by Gasteiger charge is -2.35. The molecule has 0 saturated carbocycles. The van der Waals surface area contributed by atoms with Gasteiger partial charge in [0.15, 0.2) is 0 Å². The largest absolute Gasteiger partial charge is 0.354 e. The molecule has 0 unspecified atom stereocenters. The van der Waals surface area contributed by atoms with Crippen molar-refractivity contribution in [3.05, 3.63) is 59.4 Å². The Bertz CT molecular complexity index is 895. The van der Waals surface area contributed by atoms with Crippen LogP contribution in [0.25, 0.3) is 10.9 Å². The van der Waals surface area contributed by atoms with Gasteiger partial charge in [-0.15, -0.1) is 11.8 Å². The number of piperazine rings is 1. The summed E-state index contributed by atoms with van der Waals surface area (Å²) in [6, 6.07) is 14.6. The molecule has 0 atom stereocenters. The van der Waals surface area contributed by atoms with Gasteiger partial charge in [-0.2, -0.15) is 0 Å². The molecule has 4 nitrogen and oxygen atoms in total. The predicted molar refractivity (Wildman–Crippen MR) is 110 cm³/mol. The highest BCUT2D eigenvalue weighted by Crippen LogP contribution is 2.26. The van der Waals surface area contributed by atoms with Crippen molar-refractivity contribution in [2.45, 2.75) is 11.4 Å². The molecule has 134 valence electrons. The summed E-state index contributed by atoms with van der Waals surface area (Å²) >= 11 is 8.20. The first-order chi connectivity index (χ1) is 12.7. The van der Waals surface area contributed by atoms with Crippen LogP contribution in [-0.4, -0.2) is 47.3 Å². The van der Waals surface area contributed by atoms with Crippen LogP contribution in [0.5, 0.6) is 0 Å². The van der Waals surface area contributed by atoms with Gasteiger partial charge < -0.3 is 4.90 Å². The lowest BCUT2D eigenvalue weighted by molar-refractivity contribution is 0.249. The minimum absolute atomic E-state index is 0.614. The Morgan fingerprint density at radius 1 is 1.08 bits per heavy atom. The average Bonchev–Trinajstić information content (AvgIpc) is 2.69. The second-order valence-electron chi connectivity index (χ2n) is 6.45. The molecule has 0 aliphatic carbocycles. The molecule has 1 aliphatic heterocycles. The van der Waals surface area contributed by atoms with E-state index in [1.165, 1.54) is 4.90 Å². The van der Waals surface area contributed by atoms with E-state index in [9.17, 15) is 0 Å². The quantitative estimate of drug-likeness (QED) is 0.494. The van der Waals surface area contributed by atoms with Crippen molar-refractivity contribution >= 4 is 40.1 Å². The average molecular weight is 385 g/mol. The third-order valence-corrected chi connectivity index (χ3v) is 5.84. The van der Waals surface area contributed by atoms with Gasteiger partial charge in [0.05, 0.1) is 5.52 Å². The molecule has 2 aromatic heterocycles. The van der Waals surface area contributed by atoms with Crippen LogP contribution in [-0.2, 0) is 6.54 Å². The SMILES string of the molecule is CSc1ccc2cc(CN3CCN(c4ccccn4)CC3)c(Cl)nc2c1. The molecule has 0 bridgehead atoms. The van der Waals surface area contributed by atoms with E-state index in [1.807, 2.05) is 18.3 Å². The van der Waals surface area contributed by atoms with Crippen LogP contribution in [0, 0.1) is 0 Å². The number of thioether (sulfide) groups is 1. The summed E-state index contributed by atoms with van der Waals surface area (Å²) in [4.78, 5) is 15.0. The molecule has 1 aromatic carbocycles. The standard InChI is InChI=1S/C20H21ClN4S/c1-26-17-6-5-15-12-16(20(21)23-18(15)13-17)14-24-8-10-25(11-9-24)19-4-2-3-7-22-19/h2-7,12-13H,8-11,14H2,1H3. The maximum atomic E-state index is 6.48. The van der Waals surface area contributed by atoms with E-state index < -0.39 is 0 Å². The number of anilines is 1. The van der Waals surface area contributed by atoms with E-state index in [2.05, 4.69) is 56.4 Å². The number of aromatic nitrogens is 2. The molecule has 0 N–H and O–H groups in total. The molecule has 4 rings (SSSR count). The first-order valence-corrected chi connectivity index (χ1v) is 10.3. The molecular weight excluding hydrogens is 364 g/mol. The van der Waals surface area contributed by atoms with Crippen molar-refractivity contribution in [1.82, 2.24) is 14.9 Å². The van der Waals surface area contributed by atoms with E-state index in [-0.39, 0.29) is 0 Å². The topological polar surface area (TPSA) is 32.3 Å². The number of pyridine rings is 2. The fourth-order valence-electron chi connectivity index (χ4n) is 3.32. The summed E-state index contributed by atoms with van der Waals surface area (Å²) in [5.41, 5.74) is 2.06. The van der Waals surface area contributed by atoms with Gasteiger partial charge in [0, 0.05) is 54.8 Å². The van der Waals surface area contributed by atoms with Crippen LogP contribution in [0.4, 0.5) is 5.82 Å². The number of benzene rings is 1. The molecule has 1 saturated heterocycles.